The number of aliphatic hydroxyl groups excluding tert-OH is 1. The molecule has 1 aliphatic rings. The fraction of sp³-hybridized carbons (Fsp3) is 0.533. The first-order valence-corrected chi connectivity index (χ1v) is 6.74. The van der Waals surface area contributed by atoms with Gasteiger partial charge in [-0.1, -0.05) is 0 Å². The number of methoxy groups -OCH3 is 1. The summed E-state index contributed by atoms with van der Waals surface area (Å²) in [7, 11) is 1.60. The lowest BCUT2D eigenvalue weighted by molar-refractivity contribution is -0.00420. The van der Waals surface area contributed by atoms with Gasteiger partial charge in [0.05, 0.1) is 19.8 Å². The van der Waals surface area contributed by atoms with Crippen LogP contribution in [0.1, 0.15) is 22.3 Å². The molecule has 110 valence electrons. The van der Waals surface area contributed by atoms with Crippen molar-refractivity contribution < 1.29 is 24.1 Å². The predicted octanol–water partition coefficient (Wildman–Crippen LogP) is 1.22. The molecule has 1 aliphatic carbocycles. The highest BCUT2D eigenvalue weighted by atomic mass is 16.5. The summed E-state index contributed by atoms with van der Waals surface area (Å²) in [6.45, 7) is 1.34. The molecule has 0 radical (unpaired) electrons. The highest BCUT2D eigenvalue weighted by Gasteiger charge is 2.19. The van der Waals surface area contributed by atoms with E-state index in [0.717, 1.165) is 17.5 Å². The number of aliphatic hydroxyl groups is 1. The molecule has 0 heterocycles. The van der Waals surface area contributed by atoms with Crippen LogP contribution in [0.25, 0.3) is 0 Å². The van der Waals surface area contributed by atoms with Gasteiger partial charge in [0.2, 0.25) is 0 Å². The Balaban J connectivity index is 1.75. The van der Waals surface area contributed by atoms with E-state index in [1.54, 1.807) is 19.2 Å². The van der Waals surface area contributed by atoms with Crippen molar-refractivity contribution in [2.24, 2.45) is 0 Å². The number of hydrogen-bond acceptors (Lipinski definition) is 5. The van der Waals surface area contributed by atoms with E-state index in [1.807, 2.05) is 6.07 Å². The van der Waals surface area contributed by atoms with Crippen molar-refractivity contribution >= 4 is 5.78 Å². The molecule has 1 N–H and O–H groups in total. The SMILES string of the molecule is COCCOCC(O)COc1ccc2c(c1)CCC2=O. The van der Waals surface area contributed by atoms with Crippen molar-refractivity contribution in [3.63, 3.8) is 0 Å². The van der Waals surface area contributed by atoms with Gasteiger partial charge in [0.25, 0.3) is 0 Å². The number of ketones is 1. The van der Waals surface area contributed by atoms with Crippen LogP contribution in [0.5, 0.6) is 5.75 Å². The van der Waals surface area contributed by atoms with Crippen molar-refractivity contribution in [1.29, 1.82) is 0 Å². The quantitative estimate of drug-likeness (QED) is 0.725. The van der Waals surface area contributed by atoms with Crippen LogP contribution in [0, 0.1) is 0 Å². The van der Waals surface area contributed by atoms with E-state index < -0.39 is 6.10 Å². The maximum absolute atomic E-state index is 11.5. The average Bonchev–Trinajstić information content (AvgIpc) is 2.82. The van der Waals surface area contributed by atoms with Gasteiger partial charge >= 0.3 is 0 Å². The van der Waals surface area contributed by atoms with Crippen molar-refractivity contribution in [2.75, 3.05) is 33.5 Å². The number of hydrogen-bond donors (Lipinski definition) is 1. The smallest absolute Gasteiger partial charge is 0.163 e. The Morgan fingerprint density at radius 3 is 2.90 bits per heavy atom. The lowest BCUT2D eigenvalue weighted by Crippen LogP contribution is -2.24. The van der Waals surface area contributed by atoms with Crippen LogP contribution in [-0.2, 0) is 15.9 Å². The lowest BCUT2D eigenvalue weighted by Gasteiger charge is -2.13. The zero-order valence-corrected chi connectivity index (χ0v) is 11.6. The Kier molecular flexibility index (Phi) is 5.52. The fourth-order valence-corrected chi connectivity index (χ4v) is 2.12. The van der Waals surface area contributed by atoms with Crippen LogP contribution in [0.3, 0.4) is 0 Å². The average molecular weight is 280 g/mol. The number of ether oxygens (including phenoxy) is 3. The standard InChI is InChI=1S/C15H20O5/c1-18-6-7-19-9-12(16)10-20-13-3-4-14-11(8-13)2-5-15(14)17/h3-4,8,12,16H,2,5-7,9-10H2,1H3. The summed E-state index contributed by atoms with van der Waals surface area (Å²) in [5.74, 6) is 0.868. The van der Waals surface area contributed by atoms with Gasteiger partial charge < -0.3 is 19.3 Å². The molecule has 20 heavy (non-hydrogen) atoms. The van der Waals surface area contributed by atoms with E-state index >= 15 is 0 Å². The largest absolute Gasteiger partial charge is 0.491 e. The third-order valence-electron chi connectivity index (χ3n) is 3.18. The topological polar surface area (TPSA) is 65.0 Å². The molecule has 0 saturated carbocycles. The molecule has 0 fully saturated rings. The van der Waals surface area contributed by atoms with Crippen LogP contribution in [0.4, 0.5) is 0 Å². The van der Waals surface area contributed by atoms with E-state index in [1.165, 1.54) is 0 Å². The molecule has 0 aromatic heterocycles. The van der Waals surface area contributed by atoms with Gasteiger partial charge in [-0.25, -0.2) is 0 Å². The third-order valence-corrected chi connectivity index (χ3v) is 3.18. The fourth-order valence-electron chi connectivity index (χ4n) is 2.12. The van der Waals surface area contributed by atoms with Crippen molar-refractivity contribution in [2.45, 2.75) is 18.9 Å². The summed E-state index contributed by atoms with van der Waals surface area (Å²) in [5, 5.41) is 9.70. The summed E-state index contributed by atoms with van der Waals surface area (Å²) in [5.41, 5.74) is 1.82. The highest BCUT2D eigenvalue weighted by Crippen LogP contribution is 2.26. The highest BCUT2D eigenvalue weighted by molar-refractivity contribution is 6.00. The monoisotopic (exact) mass is 280 g/mol. The molecule has 1 aromatic rings. The van der Waals surface area contributed by atoms with Crippen LogP contribution in [0.15, 0.2) is 18.2 Å². The molecule has 5 heteroatoms. The molecule has 1 unspecified atom stereocenters. The summed E-state index contributed by atoms with van der Waals surface area (Å²) < 4.78 is 15.6. The number of rotatable bonds is 8. The number of fused-ring (bicyclic) bond motifs is 1. The maximum atomic E-state index is 11.5. The number of Topliss-reactive ketones (excluding diaryl/α,β-unsaturated/α-hetero) is 1. The second-order valence-electron chi connectivity index (χ2n) is 4.77. The summed E-state index contributed by atoms with van der Waals surface area (Å²) in [4.78, 5) is 11.5. The zero-order chi connectivity index (χ0) is 14.4. The van der Waals surface area contributed by atoms with Gasteiger partial charge in [-0.3, -0.25) is 4.79 Å². The molecule has 0 saturated heterocycles. The first-order chi connectivity index (χ1) is 9.70. The molecular weight excluding hydrogens is 260 g/mol. The first kappa shape index (κ1) is 15.0. The molecule has 1 atom stereocenters. The van der Waals surface area contributed by atoms with Gasteiger partial charge in [0, 0.05) is 19.1 Å². The van der Waals surface area contributed by atoms with Crippen LogP contribution >= 0.6 is 0 Å². The van der Waals surface area contributed by atoms with Crippen LogP contribution in [0.2, 0.25) is 0 Å². The Hall–Kier alpha value is -1.43. The number of benzene rings is 1. The van der Waals surface area contributed by atoms with E-state index in [4.69, 9.17) is 14.2 Å². The summed E-state index contributed by atoms with van der Waals surface area (Å²) in [6.07, 6.45) is 0.671. The molecule has 5 nitrogen and oxygen atoms in total. The molecule has 0 aliphatic heterocycles. The van der Waals surface area contributed by atoms with Crippen molar-refractivity contribution in [3.05, 3.63) is 29.3 Å². The van der Waals surface area contributed by atoms with Gasteiger partial charge in [-0.2, -0.15) is 0 Å². The second kappa shape index (κ2) is 7.38. The number of carbonyl (C=O) groups is 1. The Morgan fingerprint density at radius 2 is 2.10 bits per heavy atom. The van der Waals surface area contributed by atoms with E-state index in [0.29, 0.717) is 25.4 Å². The summed E-state index contributed by atoms with van der Waals surface area (Å²) >= 11 is 0. The molecular formula is C15H20O5. The van der Waals surface area contributed by atoms with Crippen molar-refractivity contribution in [3.8, 4) is 5.75 Å². The molecule has 1 aromatic carbocycles. The van der Waals surface area contributed by atoms with E-state index in [2.05, 4.69) is 0 Å². The van der Waals surface area contributed by atoms with Crippen molar-refractivity contribution in [1.82, 2.24) is 0 Å². The number of aryl methyl sites for hydroxylation is 1. The first-order valence-electron chi connectivity index (χ1n) is 6.74. The molecule has 0 amide bonds. The third kappa shape index (κ3) is 4.03. The minimum Gasteiger partial charge on any atom is -0.491 e. The van der Waals surface area contributed by atoms with Gasteiger partial charge in [-0.05, 0) is 30.2 Å². The molecule has 0 spiro atoms. The van der Waals surface area contributed by atoms with Crippen LogP contribution < -0.4 is 4.74 Å². The minimum atomic E-state index is -0.679. The zero-order valence-electron chi connectivity index (χ0n) is 11.6. The Labute approximate surface area is 118 Å². The maximum Gasteiger partial charge on any atom is 0.163 e. The van der Waals surface area contributed by atoms with Crippen LogP contribution in [-0.4, -0.2) is 50.5 Å². The second-order valence-corrected chi connectivity index (χ2v) is 4.77. The predicted molar refractivity (Wildman–Crippen MR) is 73.3 cm³/mol. The van der Waals surface area contributed by atoms with Gasteiger partial charge in [0.15, 0.2) is 5.78 Å². The minimum absolute atomic E-state index is 0.166. The normalized spacial score (nSPS) is 15.2. The van der Waals surface area contributed by atoms with E-state index in [-0.39, 0.29) is 19.0 Å². The van der Waals surface area contributed by atoms with E-state index in [9.17, 15) is 9.90 Å². The molecule has 2 rings (SSSR count). The van der Waals surface area contributed by atoms with Gasteiger partial charge in [0.1, 0.15) is 18.5 Å². The Morgan fingerprint density at radius 1 is 1.25 bits per heavy atom. The van der Waals surface area contributed by atoms with Gasteiger partial charge in [-0.15, -0.1) is 0 Å². The number of carbonyl (C=O) groups excluding carboxylic acids is 1. The summed E-state index contributed by atoms with van der Waals surface area (Å²) in [6, 6.07) is 5.43. The Bertz CT molecular complexity index is 458. The molecule has 0 bridgehead atoms. The lowest BCUT2D eigenvalue weighted by atomic mass is 10.1.